The topological polar surface area (TPSA) is 72.5 Å². The van der Waals surface area contributed by atoms with Crippen molar-refractivity contribution in [1.82, 2.24) is 5.48 Å². The van der Waals surface area contributed by atoms with Gasteiger partial charge in [0.25, 0.3) is 0 Å². The molecule has 76 valence electrons. The molecule has 0 radical (unpaired) electrons. The van der Waals surface area contributed by atoms with Crippen LogP contribution < -0.4 is 5.48 Å². The minimum Gasteiger partial charge on any atom is -0.277 e. The summed E-state index contributed by atoms with van der Waals surface area (Å²) in [6, 6.07) is 0. The maximum atomic E-state index is 11.0. The quantitative estimate of drug-likeness (QED) is 0.632. The van der Waals surface area contributed by atoms with E-state index >= 15 is 0 Å². The largest absolute Gasteiger partial charge is 0.277 e. The number of carbonyl (C=O) groups excluding carboxylic acids is 1. The van der Waals surface area contributed by atoms with Crippen molar-refractivity contribution in [2.24, 2.45) is 5.92 Å². The average Bonchev–Trinajstić information content (AvgIpc) is 2.30. The Labute approximate surface area is 77.3 Å². The zero-order chi connectivity index (χ0) is 9.90. The van der Waals surface area contributed by atoms with Crippen LogP contribution in [-0.4, -0.2) is 32.9 Å². The maximum Gasteiger partial charge on any atom is 0.243 e. The molecule has 0 bridgehead atoms. The van der Waals surface area contributed by atoms with Crippen LogP contribution in [0.5, 0.6) is 0 Å². The normalized spacial score (nSPS) is 25.8. The molecule has 1 atom stereocenters. The lowest BCUT2D eigenvalue weighted by atomic mass is 10.1. The lowest BCUT2D eigenvalue weighted by Crippen LogP contribution is -2.24. The van der Waals surface area contributed by atoms with Gasteiger partial charge in [-0.25, -0.2) is 13.9 Å². The fraction of sp³-hybridized carbons (Fsp3) is 0.857. The van der Waals surface area contributed by atoms with Gasteiger partial charge in [-0.05, 0) is 12.3 Å². The van der Waals surface area contributed by atoms with Gasteiger partial charge in [-0.2, -0.15) is 0 Å². The SMILES string of the molecule is CONC(=O)CC1CCS(=O)(=O)C1. The second-order valence-corrected chi connectivity index (χ2v) is 5.43. The average molecular weight is 207 g/mol. The van der Waals surface area contributed by atoms with Crippen LogP contribution in [0.4, 0.5) is 0 Å². The molecule has 1 aliphatic rings. The van der Waals surface area contributed by atoms with Crippen molar-refractivity contribution in [3.8, 4) is 0 Å². The number of hydrogen-bond acceptors (Lipinski definition) is 4. The molecule has 1 saturated heterocycles. The summed E-state index contributed by atoms with van der Waals surface area (Å²) in [5.74, 6) is 0.0342. The van der Waals surface area contributed by atoms with Crippen LogP contribution in [0.2, 0.25) is 0 Å². The monoisotopic (exact) mass is 207 g/mol. The number of amides is 1. The summed E-state index contributed by atoms with van der Waals surface area (Å²) in [5, 5.41) is 0. The highest BCUT2D eigenvalue weighted by atomic mass is 32.2. The highest BCUT2D eigenvalue weighted by Gasteiger charge is 2.29. The molecule has 0 aromatic heterocycles. The Morgan fingerprint density at radius 3 is 2.77 bits per heavy atom. The van der Waals surface area contributed by atoms with Gasteiger partial charge in [-0.15, -0.1) is 0 Å². The van der Waals surface area contributed by atoms with Crippen molar-refractivity contribution < 1.29 is 18.0 Å². The molecular weight excluding hydrogens is 194 g/mol. The summed E-state index contributed by atoms with van der Waals surface area (Å²) < 4.78 is 22.0. The van der Waals surface area contributed by atoms with Gasteiger partial charge in [-0.1, -0.05) is 0 Å². The van der Waals surface area contributed by atoms with Crippen molar-refractivity contribution in [3.63, 3.8) is 0 Å². The summed E-state index contributed by atoms with van der Waals surface area (Å²) >= 11 is 0. The van der Waals surface area contributed by atoms with E-state index < -0.39 is 9.84 Å². The molecule has 1 heterocycles. The first-order chi connectivity index (χ1) is 6.03. The molecule has 1 fully saturated rings. The standard InChI is InChI=1S/C7H13NO4S/c1-12-8-7(9)4-6-2-3-13(10,11)5-6/h6H,2-5H2,1H3,(H,8,9). The molecule has 1 amide bonds. The van der Waals surface area contributed by atoms with E-state index in [0.717, 1.165) is 0 Å². The van der Waals surface area contributed by atoms with E-state index in [9.17, 15) is 13.2 Å². The summed E-state index contributed by atoms with van der Waals surface area (Å²) in [4.78, 5) is 15.4. The Morgan fingerprint density at radius 1 is 1.62 bits per heavy atom. The van der Waals surface area contributed by atoms with Crippen molar-refractivity contribution >= 4 is 15.7 Å². The van der Waals surface area contributed by atoms with Crippen molar-refractivity contribution in [1.29, 1.82) is 0 Å². The number of hydrogen-bond donors (Lipinski definition) is 1. The third kappa shape index (κ3) is 3.31. The molecule has 0 aromatic rings. The molecule has 0 saturated carbocycles. The molecule has 1 unspecified atom stereocenters. The smallest absolute Gasteiger partial charge is 0.243 e. The molecular formula is C7H13NO4S. The predicted molar refractivity (Wildman–Crippen MR) is 46.5 cm³/mol. The van der Waals surface area contributed by atoms with E-state index in [1.807, 2.05) is 0 Å². The zero-order valence-electron chi connectivity index (χ0n) is 7.45. The fourth-order valence-electron chi connectivity index (χ4n) is 1.45. The number of nitrogens with one attached hydrogen (secondary N) is 1. The zero-order valence-corrected chi connectivity index (χ0v) is 8.26. The van der Waals surface area contributed by atoms with Crippen LogP contribution in [0.3, 0.4) is 0 Å². The number of carbonyl (C=O) groups is 1. The lowest BCUT2D eigenvalue weighted by molar-refractivity contribution is -0.132. The second-order valence-electron chi connectivity index (χ2n) is 3.20. The van der Waals surface area contributed by atoms with Crippen molar-refractivity contribution in [2.45, 2.75) is 12.8 Å². The summed E-state index contributed by atoms with van der Waals surface area (Å²) in [6.07, 6.45) is 0.812. The Bertz CT molecular complexity index is 285. The van der Waals surface area contributed by atoms with Crippen molar-refractivity contribution in [2.75, 3.05) is 18.6 Å². The highest BCUT2D eigenvalue weighted by Crippen LogP contribution is 2.21. The van der Waals surface area contributed by atoms with Gasteiger partial charge >= 0.3 is 0 Å². The Kier molecular flexibility index (Phi) is 3.27. The second kappa shape index (κ2) is 4.06. The summed E-state index contributed by atoms with van der Waals surface area (Å²) in [5.41, 5.74) is 2.17. The summed E-state index contributed by atoms with van der Waals surface area (Å²) in [7, 11) is -1.53. The van der Waals surface area contributed by atoms with E-state index in [4.69, 9.17) is 0 Å². The van der Waals surface area contributed by atoms with E-state index in [1.54, 1.807) is 0 Å². The first-order valence-electron chi connectivity index (χ1n) is 4.06. The maximum absolute atomic E-state index is 11.0. The molecule has 5 nitrogen and oxygen atoms in total. The Hall–Kier alpha value is -0.620. The Morgan fingerprint density at radius 2 is 2.31 bits per heavy atom. The van der Waals surface area contributed by atoms with E-state index in [-0.39, 0.29) is 29.8 Å². The predicted octanol–water partition coefficient (Wildman–Crippen LogP) is -0.511. The van der Waals surface area contributed by atoms with E-state index in [2.05, 4.69) is 10.3 Å². The van der Waals surface area contributed by atoms with Crippen LogP contribution in [0.15, 0.2) is 0 Å². The van der Waals surface area contributed by atoms with E-state index in [1.165, 1.54) is 7.11 Å². The fourth-order valence-corrected chi connectivity index (χ4v) is 3.31. The molecule has 0 aromatic carbocycles. The summed E-state index contributed by atoms with van der Waals surface area (Å²) in [6.45, 7) is 0. The van der Waals surface area contributed by atoms with Crippen LogP contribution in [-0.2, 0) is 19.5 Å². The molecule has 0 spiro atoms. The van der Waals surface area contributed by atoms with Gasteiger partial charge in [0.2, 0.25) is 5.91 Å². The lowest BCUT2D eigenvalue weighted by Gasteiger charge is -2.05. The van der Waals surface area contributed by atoms with Gasteiger partial charge in [0.05, 0.1) is 18.6 Å². The van der Waals surface area contributed by atoms with Gasteiger partial charge in [0.1, 0.15) is 0 Å². The molecule has 1 rings (SSSR count). The number of sulfone groups is 1. The van der Waals surface area contributed by atoms with Crippen LogP contribution >= 0.6 is 0 Å². The minimum atomic E-state index is -2.88. The van der Waals surface area contributed by atoms with Gasteiger partial charge in [0.15, 0.2) is 9.84 Å². The first-order valence-corrected chi connectivity index (χ1v) is 5.88. The van der Waals surface area contributed by atoms with E-state index in [0.29, 0.717) is 6.42 Å². The first kappa shape index (κ1) is 10.5. The van der Waals surface area contributed by atoms with Crippen LogP contribution in [0.1, 0.15) is 12.8 Å². The minimum absolute atomic E-state index is 0.0415. The van der Waals surface area contributed by atoms with Crippen LogP contribution in [0.25, 0.3) is 0 Å². The molecule has 1 aliphatic heterocycles. The molecule has 0 aliphatic carbocycles. The Balaban J connectivity index is 2.36. The van der Waals surface area contributed by atoms with Gasteiger partial charge < -0.3 is 0 Å². The number of rotatable bonds is 3. The third-order valence-electron chi connectivity index (χ3n) is 2.02. The molecule has 13 heavy (non-hydrogen) atoms. The number of hydroxylamine groups is 1. The molecule has 1 N–H and O–H groups in total. The highest BCUT2D eigenvalue weighted by molar-refractivity contribution is 7.91. The van der Waals surface area contributed by atoms with Gasteiger partial charge in [0, 0.05) is 6.42 Å². The van der Waals surface area contributed by atoms with Crippen LogP contribution in [0, 0.1) is 5.92 Å². The van der Waals surface area contributed by atoms with Crippen molar-refractivity contribution in [3.05, 3.63) is 0 Å². The third-order valence-corrected chi connectivity index (χ3v) is 3.85. The van der Waals surface area contributed by atoms with Gasteiger partial charge in [-0.3, -0.25) is 9.63 Å². The molecule has 6 heteroatoms.